The highest BCUT2D eigenvalue weighted by atomic mass is 32.2. The van der Waals surface area contributed by atoms with E-state index in [0.29, 0.717) is 24.3 Å². The number of hydrogen-bond acceptors (Lipinski definition) is 4. The number of aryl methyl sites for hydroxylation is 1. The van der Waals surface area contributed by atoms with Crippen molar-refractivity contribution >= 4 is 15.9 Å². The van der Waals surface area contributed by atoms with Crippen LogP contribution in [0.15, 0.2) is 23.1 Å². The summed E-state index contributed by atoms with van der Waals surface area (Å²) in [7, 11) is -3.82. The molecule has 1 aromatic carbocycles. The quantitative estimate of drug-likeness (QED) is 0.811. The Hall–Kier alpha value is -1.44. The Bertz CT molecular complexity index is 584. The van der Waals surface area contributed by atoms with Gasteiger partial charge in [0.1, 0.15) is 0 Å². The molecule has 0 aliphatic carbocycles. The van der Waals surface area contributed by atoms with Gasteiger partial charge >= 0.3 is 0 Å². The fourth-order valence-electron chi connectivity index (χ4n) is 1.70. The molecule has 1 unspecified atom stereocenters. The van der Waals surface area contributed by atoms with Gasteiger partial charge in [0, 0.05) is 18.7 Å². The second-order valence-corrected chi connectivity index (χ2v) is 6.06. The number of benzene rings is 1. The molecular formula is C13H20N2O4S. The number of primary sulfonamides is 1. The van der Waals surface area contributed by atoms with E-state index in [0.717, 1.165) is 0 Å². The van der Waals surface area contributed by atoms with Crippen LogP contribution in [0.25, 0.3) is 0 Å². The van der Waals surface area contributed by atoms with E-state index in [4.69, 9.17) is 9.88 Å². The molecule has 1 rings (SSSR count). The van der Waals surface area contributed by atoms with Gasteiger partial charge in [0.2, 0.25) is 10.0 Å². The summed E-state index contributed by atoms with van der Waals surface area (Å²) in [6, 6.07) is 4.22. The summed E-state index contributed by atoms with van der Waals surface area (Å²) in [5.74, 6) is -0.348. The largest absolute Gasteiger partial charge is 0.377 e. The summed E-state index contributed by atoms with van der Waals surface area (Å²) in [5.41, 5.74) is 0.971. The van der Waals surface area contributed by atoms with E-state index in [-0.39, 0.29) is 16.9 Å². The topological polar surface area (TPSA) is 98.5 Å². The van der Waals surface area contributed by atoms with Crippen LogP contribution in [0.4, 0.5) is 0 Å². The van der Waals surface area contributed by atoms with Crippen molar-refractivity contribution in [3.8, 4) is 0 Å². The number of rotatable bonds is 6. The Labute approximate surface area is 119 Å². The Kier molecular flexibility index (Phi) is 5.67. The van der Waals surface area contributed by atoms with Crippen molar-refractivity contribution in [1.29, 1.82) is 0 Å². The lowest BCUT2D eigenvalue weighted by Gasteiger charge is -2.13. The molecule has 0 aliphatic rings. The third-order valence-electron chi connectivity index (χ3n) is 2.78. The molecule has 1 amide bonds. The number of carbonyl (C=O) groups is 1. The monoisotopic (exact) mass is 300 g/mol. The SMILES string of the molecule is CCOC(C)CNC(=O)c1cc(S(N)(=O)=O)ccc1C. The number of sulfonamides is 1. The maximum absolute atomic E-state index is 12.1. The van der Waals surface area contributed by atoms with Crippen molar-refractivity contribution in [2.24, 2.45) is 5.14 Å². The summed E-state index contributed by atoms with van der Waals surface area (Å²) in [4.78, 5) is 12.0. The zero-order chi connectivity index (χ0) is 15.3. The van der Waals surface area contributed by atoms with E-state index < -0.39 is 10.0 Å². The van der Waals surface area contributed by atoms with Crippen molar-refractivity contribution in [2.75, 3.05) is 13.2 Å². The maximum Gasteiger partial charge on any atom is 0.251 e. The van der Waals surface area contributed by atoms with E-state index in [9.17, 15) is 13.2 Å². The predicted molar refractivity (Wildman–Crippen MR) is 76.0 cm³/mol. The molecule has 20 heavy (non-hydrogen) atoms. The van der Waals surface area contributed by atoms with Gasteiger partial charge < -0.3 is 10.1 Å². The first-order valence-corrected chi connectivity index (χ1v) is 7.83. The minimum Gasteiger partial charge on any atom is -0.377 e. The molecule has 1 aromatic rings. The molecule has 0 bridgehead atoms. The number of hydrogen-bond donors (Lipinski definition) is 2. The van der Waals surface area contributed by atoms with E-state index in [1.165, 1.54) is 12.1 Å². The van der Waals surface area contributed by atoms with Crippen molar-refractivity contribution in [3.05, 3.63) is 29.3 Å². The van der Waals surface area contributed by atoms with Crippen molar-refractivity contribution in [2.45, 2.75) is 31.8 Å². The molecular weight excluding hydrogens is 280 g/mol. The fraction of sp³-hybridized carbons (Fsp3) is 0.462. The zero-order valence-corrected chi connectivity index (χ0v) is 12.7. The van der Waals surface area contributed by atoms with E-state index in [1.54, 1.807) is 13.0 Å². The third-order valence-corrected chi connectivity index (χ3v) is 3.69. The standard InChI is InChI=1S/C13H20N2O4S/c1-4-19-10(3)8-15-13(16)12-7-11(20(14,17)18)6-5-9(12)2/h5-7,10H,4,8H2,1-3H3,(H,15,16)(H2,14,17,18). The normalized spacial score (nSPS) is 13.0. The van der Waals surface area contributed by atoms with Crippen LogP contribution in [0, 0.1) is 6.92 Å². The molecule has 0 heterocycles. The smallest absolute Gasteiger partial charge is 0.251 e. The van der Waals surface area contributed by atoms with E-state index in [2.05, 4.69) is 5.32 Å². The van der Waals surface area contributed by atoms with Crippen LogP contribution in [0.2, 0.25) is 0 Å². The molecule has 3 N–H and O–H groups in total. The molecule has 112 valence electrons. The fourth-order valence-corrected chi connectivity index (χ4v) is 2.24. The molecule has 1 atom stereocenters. The molecule has 0 spiro atoms. The zero-order valence-electron chi connectivity index (χ0n) is 11.8. The minimum absolute atomic E-state index is 0.0777. The summed E-state index contributed by atoms with van der Waals surface area (Å²) < 4.78 is 27.9. The lowest BCUT2D eigenvalue weighted by molar-refractivity contribution is 0.0695. The third kappa shape index (κ3) is 4.59. The molecule has 6 nitrogen and oxygen atoms in total. The van der Waals surface area contributed by atoms with Crippen LogP contribution in [0.3, 0.4) is 0 Å². The van der Waals surface area contributed by atoms with Crippen LogP contribution in [0.1, 0.15) is 29.8 Å². The van der Waals surface area contributed by atoms with Crippen LogP contribution in [0.5, 0.6) is 0 Å². The van der Waals surface area contributed by atoms with Gasteiger partial charge in [0.15, 0.2) is 0 Å². The molecule has 0 aliphatic heterocycles. The predicted octanol–water partition coefficient (Wildman–Crippen LogP) is 0.797. The number of carbonyl (C=O) groups excluding carboxylic acids is 1. The lowest BCUT2D eigenvalue weighted by Crippen LogP contribution is -2.32. The molecule has 0 radical (unpaired) electrons. The minimum atomic E-state index is -3.82. The van der Waals surface area contributed by atoms with Gasteiger partial charge in [-0.2, -0.15) is 0 Å². The highest BCUT2D eigenvalue weighted by Crippen LogP contribution is 2.14. The van der Waals surface area contributed by atoms with Crippen molar-refractivity contribution < 1.29 is 17.9 Å². The number of amides is 1. The van der Waals surface area contributed by atoms with Crippen LogP contribution in [-0.4, -0.2) is 33.6 Å². The van der Waals surface area contributed by atoms with Gasteiger partial charge in [-0.15, -0.1) is 0 Å². The first-order chi connectivity index (χ1) is 9.25. The second kappa shape index (κ2) is 6.83. The van der Waals surface area contributed by atoms with Crippen LogP contribution >= 0.6 is 0 Å². The van der Waals surface area contributed by atoms with Gasteiger partial charge in [0.25, 0.3) is 5.91 Å². The number of nitrogens with two attached hydrogens (primary N) is 1. The first-order valence-electron chi connectivity index (χ1n) is 6.29. The molecule has 0 aromatic heterocycles. The highest BCUT2D eigenvalue weighted by molar-refractivity contribution is 7.89. The van der Waals surface area contributed by atoms with E-state index in [1.807, 2.05) is 13.8 Å². The summed E-state index contributed by atoms with van der Waals surface area (Å²) in [5, 5.41) is 7.76. The molecule has 0 saturated carbocycles. The van der Waals surface area contributed by atoms with Gasteiger partial charge in [-0.25, -0.2) is 13.6 Å². The van der Waals surface area contributed by atoms with Crippen LogP contribution < -0.4 is 10.5 Å². The average molecular weight is 300 g/mol. The van der Waals surface area contributed by atoms with E-state index >= 15 is 0 Å². The average Bonchev–Trinajstić information content (AvgIpc) is 2.35. The first kappa shape index (κ1) is 16.6. The number of nitrogens with one attached hydrogen (secondary N) is 1. The van der Waals surface area contributed by atoms with Gasteiger partial charge in [-0.3, -0.25) is 4.79 Å². The maximum atomic E-state index is 12.1. The summed E-state index contributed by atoms with van der Waals surface area (Å²) in [6.45, 7) is 6.37. The lowest BCUT2D eigenvalue weighted by atomic mass is 10.1. The number of ether oxygens (including phenoxy) is 1. The Morgan fingerprint density at radius 1 is 1.45 bits per heavy atom. The van der Waals surface area contributed by atoms with Gasteiger partial charge in [0.05, 0.1) is 11.0 Å². The van der Waals surface area contributed by atoms with Gasteiger partial charge in [-0.1, -0.05) is 6.07 Å². The Morgan fingerprint density at radius 3 is 2.65 bits per heavy atom. The summed E-state index contributed by atoms with van der Waals surface area (Å²) >= 11 is 0. The van der Waals surface area contributed by atoms with Crippen molar-refractivity contribution in [3.63, 3.8) is 0 Å². The van der Waals surface area contributed by atoms with Gasteiger partial charge in [-0.05, 0) is 38.5 Å². The highest BCUT2D eigenvalue weighted by Gasteiger charge is 2.15. The summed E-state index contributed by atoms with van der Waals surface area (Å²) in [6.07, 6.45) is -0.106. The van der Waals surface area contributed by atoms with Crippen LogP contribution in [-0.2, 0) is 14.8 Å². The second-order valence-electron chi connectivity index (χ2n) is 4.50. The molecule has 7 heteroatoms. The molecule has 0 saturated heterocycles. The molecule has 0 fully saturated rings. The Balaban J connectivity index is 2.87. The Morgan fingerprint density at radius 2 is 2.10 bits per heavy atom. The van der Waals surface area contributed by atoms with Crippen molar-refractivity contribution in [1.82, 2.24) is 5.32 Å².